The van der Waals surface area contributed by atoms with E-state index in [-0.39, 0.29) is 0 Å². The molecule has 0 bridgehead atoms. The third-order valence-electron chi connectivity index (χ3n) is 10.5. The Hall–Kier alpha value is -6.20. The third kappa shape index (κ3) is 4.91. The Morgan fingerprint density at radius 2 is 1.06 bits per heavy atom. The van der Waals surface area contributed by atoms with Crippen LogP contribution in [0.2, 0.25) is 5.02 Å². The van der Waals surface area contributed by atoms with Crippen molar-refractivity contribution in [3.8, 4) is 16.8 Å². The maximum absolute atomic E-state index is 7.35. The average molecular weight is 689 g/mol. The Bertz CT molecular complexity index is 2900. The largest absolute Gasteiger partial charge is 0.318 e. The first kappa shape index (κ1) is 30.6. The molecule has 5 heteroatoms. The number of rotatable bonds is 4. The molecule has 0 saturated heterocycles. The summed E-state index contributed by atoms with van der Waals surface area (Å²) >= 11 is 6.49. The molecule has 0 amide bonds. The second-order valence-corrected chi connectivity index (χ2v) is 14.1. The Kier molecular flexibility index (Phi) is 7.04. The topological polar surface area (TPSA) is 48.2 Å². The first-order valence-corrected chi connectivity index (χ1v) is 18.0. The van der Waals surface area contributed by atoms with Crippen molar-refractivity contribution in [3.63, 3.8) is 0 Å². The number of aromatic nitrogens is 2. The fraction of sp³-hybridized carbons (Fsp3) is 0.0426. The molecule has 0 spiro atoms. The SMILES string of the molecule is N[C@@]1(c2ccccc2)C=C(c2cccc(Cl)c2)N=C(n2c3ccccc3c3cc(-c4ccc5c(c4)c4ccccc4n5-c4ccccc4)ccc32)C1. The minimum absolute atomic E-state index is 0.527. The van der Waals surface area contributed by atoms with Crippen molar-refractivity contribution < 1.29 is 0 Å². The molecule has 2 aromatic heterocycles. The highest BCUT2D eigenvalue weighted by Gasteiger charge is 2.33. The van der Waals surface area contributed by atoms with E-state index in [1.54, 1.807) is 0 Å². The van der Waals surface area contributed by atoms with Gasteiger partial charge >= 0.3 is 0 Å². The van der Waals surface area contributed by atoms with Gasteiger partial charge in [0.1, 0.15) is 5.84 Å². The van der Waals surface area contributed by atoms with Crippen LogP contribution in [0, 0.1) is 0 Å². The van der Waals surface area contributed by atoms with Crippen molar-refractivity contribution in [2.45, 2.75) is 12.0 Å². The highest BCUT2D eigenvalue weighted by atomic mass is 35.5. The number of para-hydroxylation sites is 3. The molecule has 2 N–H and O–H groups in total. The lowest BCUT2D eigenvalue weighted by molar-refractivity contribution is 0.576. The van der Waals surface area contributed by atoms with Crippen LogP contribution < -0.4 is 5.73 Å². The smallest absolute Gasteiger partial charge is 0.116 e. The van der Waals surface area contributed by atoms with Crippen LogP contribution >= 0.6 is 11.6 Å². The van der Waals surface area contributed by atoms with Crippen molar-refractivity contribution in [1.82, 2.24) is 9.13 Å². The summed E-state index contributed by atoms with van der Waals surface area (Å²) in [7, 11) is 0. The van der Waals surface area contributed by atoms with Gasteiger partial charge in [0.15, 0.2) is 0 Å². The van der Waals surface area contributed by atoms with Crippen LogP contribution in [0.25, 0.3) is 66.1 Å². The van der Waals surface area contributed by atoms with E-state index in [4.69, 9.17) is 22.3 Å². The van der Waals surface area contributed by atoms with E-state index in [0.29, 0.717) is 11.4 Å². The zero-order valence-corrected chi connectivity index (χ0v) is 29.0. The zero-order valence-electron chi connectivity index (χ0n) is 28.2. The summed E-state index contributed by atoms with van der Waals surface area (Å²) in [6.45, 7) is 0. The molecule has 4 nitrogen and oxygen atoms in total. The van der Waals surface area contributed by atoms with Gasteiger partial charge < -0.3 is 10.3 Å². The van der Waals surface area contributed by atoms with Crippen LogP contribution in [0.15, 0.2) is 181 Å². The van der Waals surface area contributed by atoms with Gasteiger partial charge in [-0.3, -0.25) is 4.57 Å². The molecule has 1 aliphatic rings. The van der Waals surface area contributed by atoms with Gasteiger partial charge in [0.05, 0.1) is 33.3 Å². The van der Waals surface area contributed by atoms with E-state index in [2.05, 4.69) is 143 Å². The average Bonchev–Trinajstić information content (AvgIpc) is 3.71. The molecule has 248 valence electrons. The fourth-order valence-electron chi connectivity index (χ4n) is 8.06. The first-order chi connectivity index (χ1) is 25.5. The molecule has 0 unspecified atom stereocenters. The van der Waals surface area contributed by atoms with E-state index < -0.39 is 5.54 Å². The summed E-state index contributed by atoms with van der Waals surface area (Å²) < 4.78 is 4.66. The van der Waals surface area contributed by atoms with Crippen LogP contribution in [0.1, 0.15) is 17.5 Å². The molecule has 9 aromatic rings. The number of nitrogens with two attached hydrogens (primary N) is 1. The van der Waals surface area contributed by atoms with Crippen LogP contribution in [0.4, 0.5) is 0 Å². The maximum atomic E-state index is 7.35. The van der Waals surface area contributed by atoms with E-state index in [0.717, 1.165) is 44.9 Å². The van der Waals surface area contributed by atoms with Gasteiger partial charge in [0.2, 0.25) is 0 Å². The van der Waals surface area contributed by atoms with E-state index in [1.807, 2.05) is 42.5 Å². The van der Waals surface area contributed by atoms with Crippen LogP contribution in [-0.4, -0.2) is 15.0 Å². The Labute approximate surface area is 306 Å². The van der Waals surface area contributed by atoms with Gasteiger partial charge in [-0.05, 0) is 83.4 Å². The lowest BCUT2D eigenvalue weighted by Crippen LogP contribution is -2.40. The Balaban J connectivity index is 1.15. The summed E-state index contributed by atoms with van der Waals surface area (Å²) in [6, 6.07) is 59.7. The number of hydrogen-bond acceptors (Lipinski definition) is 2. The molecule has 3 heterocycles. The number of fused-ring (bicyclic) bond motifs is 6. The molecule has 10 rings (SSSR count). The minimum atomic E-state index is -0.776. The molecular weight excluding hydrogens is 656 g/mol. The highest BCUT2D eigenvalue weighted by Crippen LogP contribution is 2.40. The molecule has 1 aliphatic heterocycles. The summed E-state index contributed by atoms with van der Waals surface area (Å²) in [5.74, 6) is 0.887. The highest BCUT2D eigenvalue weighted by molar-refractivity contribution is 6.30. The zero-order chi connectivity index (χ0) is 34.8. The van der Waals surface area contributed by atoms with Gasteiger partial charge in [-0.1, -0.05) is 121 Å². The van der Waals surface area contributed by atoms with Crippen LogP contribution in [0.5, 0.6) is 0 Å². The fourth-order valence-corrected chi connectivity index (χ4v) is 8.25. The van der Waals surface area contributed by atoms with E-state index in [1.165, 1.54) is 38.1 Å². The summed E-state index contributed by atoms with van der Waals surface area (Å²) in [4.78, 5) is 5.33. The molecule has 7 aromatic carbocycles. The van der Waals surface area contributed by atoms with Crippen molar-refractivity contribution in [3.05, 3.63) is 192 Å². The van der Waals surface area contributed by atoms with Gasteiger partial charge in [-0.2, -0.15) is 0 Å². The molecule has 52 heavy (non-hydrogen) atoms. The molecule has 0 radical (unpaired) electrons. The van der Waals surface area contributed by atoms with Crippen molar-refractivity contribution in [2.24, 2.45) is 10.7 Å². The van der Waals surface area contributed by atoms with Gasteiger partial charge in [0.25, 0.3) is 0 Å². The Morgan fingerprint density at radius 1 is 0.500 bits per heavy atom. The monoisotopic (exact) mass is 688 g/mol. The van der Waals surface area contributed by atoms with Crippen molar-refractivity contribution in [2.75, 3.05) is 0 Å². The summed E-state index contributed by atoms with van der Waals surface area (Å²) in [5, 5.41) is 5.48. The maximum Gasteiger partial charge on any atom is 0.116 e. The molecule has 0 aliphatic carbocycles. The second kappa shape index (κ2) is 12.0. The van der Waals surface area contributed by atoms with E-state index >= 15 is 0 Å². The van der Waals surface area contributed by atoms with E-state index in [9.17, 15) is 0 Å². The molecule has 0 saturated carbocycles. The van der Waals surface area contributed by atoms with Gasteiger partial charge in [-0.15, -0.1) is 0 Å². The quantitative estimate of drug-likeness (QED) is 0.196. The minimum Gasteiger partial charge on any atom is -0.318 e. The van der Waals surface area contributed by atoms with Gasteiger partial charge in [-0.25, -0.2) is 4.99 Å². The molecular formula is C47H33ClN4. The summed E-state index contributed by atoms with van der Waals surface area (Å²) in [6.07, 6.45) is 2.62. The lowest BCUT2D eigenvalue weighted by atomic mass is 9.83. The molecule has 0 fully saturated rings. The van der Waals surface area contributed by atoms with Crippen LogP contribution in [0.3, 0.4) is 0 Å². The number of halogens is 1. The summed E-state index contributed by atoms with van der Waals surface area (Å²) in [5.41, 5.74) is 17.4. The predicted molar refractivity (Wildman–Crippen MR) is 218 cm³/mol. The van der Waals surface area contributed by atoms with Gasteiger partial charge in [0, 0.05) is 44.2 Å². The van der Waals surface area contributed by atoms with Crippen molar-refractivity contribution in [1.29, 1.82) is 0 Å². The normalized spacial score (nSPS) is 16.1. The van der Waals surface area contributed by atoms with Crippen molar-refractivity contribution >= 4 is 66.7 Å². The predicted octanol–water partition coefficient (Wildman–Crippen LogP) is 11.8. The Morgan fingerprint density at radius 3 is 1.71 bits per heavy atom. The third-order valence-corrected chi connectivity index (χ3v) is 10.7. The molecule has 1 atom stereocenters. The number of hydrogen-bond donors (Lipinski definition) is 1. The number of benzene rings is 7. The standard InChI is InChI=1S/C47H33ClN4/c48-35-15-11-12-33(26-35)41-29-47(49,34-13-3-1-4-14-34)30-46(50-41)52-43-21-10-8-19-38(43)40-28-32(23-25-45(40)52)31-22-24-44-39(27-31)37-18-7-9-20-42(37)51(44)36-16-5-2-6-17-36/h1-29H,30,49H2/t47-/m0/s1. The first-order valence-electron chi connectivity index (χ1n) is 17.6. The van der Waals surface area contributed by atoms with Crippen LogP contribution in [-0.2, 0) is 5.54 Å². The number of aliphatic imine (C=N–C) groups is 1. The number of nitrogens with zero attached hydrogens (tertiary/aromatic N) is 3. The lowest BCUT2D eigenvalue weighted by Gasteiger charge is -2.32. The second-order valence-electron chi connectivity index (χ2n) is 13.7.